The van der Waals surface area contributed by atoms with Crippen molar-refractivity contribution in [2.45, 2.75) is 97.8 Å². The number of carboxylic acid groups (broad SMARTS) is 1. The molecule has 0 bridgehead atoms. The number of nitrogens with two attached hydrogens (primary N) is 1. The van der Waals surface area contributed by atoms with Gasteiger partial charge in [-0.3, -0.25) is 0 Å². The Balaban J connectivity index is 1.40. The lowest BCUT2D eigenvalue weighted by Gasteiger charge is -2.48. The zero-order valence-electron chi connectivity index (χ0n) is 29.3. The van der Waals surface area contributed by atoms with Gasteiger partial charge in [-0.2, -0.15) is 0 Å². The molecule has 312 valence electrons. The lowest BCUT2D eigenvalue weighted by molar-refractivity contribution is -0.339. The summed E-state index contributed by atoms with van der Waals surface area (Å²) in [4.78, 5) is 12.5. The Hall–Kier alpha value is -3.01. The smallest absolute Gasteiger partial charge is 0.364 e. The Labute approximate surface area is 312 Å². The average Bonchev–Trinajstić information content (AvgIpc) is 3.41. The highest BCUT2D eigenvalue weighted by Crippen LogP contribution is 2.55. The van der Waals surface area contributed by atoms with Gasteiger partial charge in [0.25, 0.3) is 17.5 Å². The van der Waals surface area contributed by atoms with Crippen molar-refractivity contribution in [3.63, 3.8) is 0 Å². The molecule has 2 aliphatic heterocycles. The van der Waals surface area contributed by atoms with E-state index in [1.54, 1.807) is 24.3 Å². The fourth-order valence-electron chi connectivity index (χ4n) is 7.90. The van der Waals surface area contributed by atoms with Gasteiger partial charge in [0.1, 0.15) is 36.2 Å². The molecule has 0 spiro atoms. The minimum absolute atomic E-state index is 0.204. The van der Waals surface area contributed by atoms with Gasteiger partial charge < -0.3 is 106 Å². The lowest BCUT2D eigenvalue weighted by Crippen LogP contribution is -2.64. The zero-order chi connectivity index (χ0) is 40.8. The van der Waals surface area contributed by atoms with Crippen LogP contribution in [0.25, 0.3) is 0 Å². The van der Waals surface area contributed by atoms with Crippen molar-refractivity contribution < 1.29 is 105 Å². The topological polar surface area (TPSA) is 382 Å². The number of nitrogen functional groups attached to an aromatic ring is 1. The van der Waals surface area contributed by atoms with Crippen LogP contribution >= 0.6 is 0 Å². The molecule has 1 saturated heterocycles. The number of benzene rings is 1. The predicted octanol–water partition coefficient (Wildman–Crippen LogP) is -6.62. The first-order chi connectivity index (χ1) is 25.8. The number of aliphatic hydroxyl groups is 13. The van der Waals surface area contributed by atoms with Crippen LogP contribution in [0.15, 0.2) is 35.8 Å². The Kier molecular flexibility index (Phi) is 12.9. The third-order valence-electron chi connectivity index (χ3n) is 10.6. The highest BCUT2D eigenvalue weighted by molar-refractivity contribution is 5.76. The van der Waals surface area contributed by atoms with Crippen LogP contribution in [0.2, 0.25) is 0 Å². The number of fused-ring (bicyclic) bond motifs is 1. The van der Waals surface area contributed by atoms with E-state index in [1.165, 1.54) is 0 Å². The Morgan fingerprint density at radius 2 is 1.45 bits per heavy atom. The van der Waals surface area contributed by atoms with Crippen LogP contribution in [0, 0.1) is 17.8 Å². The van der Waals surface area contributed by atoms with Crippen molar-refractivity contribution in [3.05, 3.63) is 35.8 Å². The molecule has 3 fully saturated rings. The molecule has 5 rings (SSSR count). The van der Waals surface area contributed by atoms with E-state index >= 15 is 0 Å². The van der Waals surface area contributed by atoms with E-state index in [0.29, 0.717) is 11.4 Å². The van der Waals surface area contributed by atoms with Gasteiger partial charge in [-0.25, -0.2) is 4.79 Å². The maximum Gasteiger partial charge on any atom is 0.364 e. The number of carboxylic acids is 1. The van der Waals surface area contributed by atoms with Crippen molar-refractivity contribution in [2.24, 2.45) is 17.8 Å². The molecule has 0 aromatic heterocycles. The van der Waals surface area contributed by atoms with Gasteiger partial charge >= 0.3 is 5.97 Å². The van der Waals surface area contributed by atoms with Crippen LogP contribution in [-0.2, 0) is 28.5 Å². The first-order valence-corrected chi connectivity index (χ1v) is 17.3. The molecule has 2 aliphatic carbocycles. The van der Waals surface area contributed by atoms with E-state index in [4.69, 9.17) is 34.2 Å². The van der Waals surface area contributed by atoms with Crippen molar-refractivity contribution in [2.75, 3.05) is 38.8 Å². The second kappa shape index (κ2) is 16.5. The van der Waals surface area contributed by atoms with Crippen LogP contribution in [0.4, 0.5) is 5.69 Å². The van der Waals surface area contributed by atoms with Crippen molar-refractivity contribution in [1.82, 2.24) is 0 Å². The molecule has 2 heterocycles. The van der Waals surface area contributed by atoms with Gasteiger partial charge in [0.15, 0.2) is 11.9 Å². The van der Waals surface area contributed by atoms with Gasteiger partial charge in [-0.05, 0) is 31.2 Å². The number of hydrogen-bond donors (Lipinski definition) is 15. The van der Waals surface area contributed by atoms with Gasteiger partial charge in [0.2, 0.25) is 0 Å². The minimum Gasteiger partial charge on any atom is -0.491 e. The summed E-state index contributed by atoms with van der Waals surface area (Å²) in [6.45, 7) is -2.56. The van der Waals surface area contributed by atoms with E-state index in [0.717, 1.165) is 6.92 Å². The Bertz CT molecular complexity index is 1510. The summed E-state index contributed by atoms with van der Waals surface area (Å²) in [7, 11) is 0. The number of aliphatic hydroxyl groups excluding tert-OH is 10. The number of hydrogen-bond acceptors (Lipinski definition) is 21. The highest BCUT2D eigenvalue weighted by atomic mass is 16.8. The molecule has 0 radical (unpaired) electrons. The summed E-state index contributed by atoms with van der Waals surface area (Å²) >= 11 is 0. The third kappa shape index (κ3) is 7.71. The van der Waals surface area contributed by atoms with Gasteiger partial charge in [-0.1, -0.05) is 0 Å². The molecule has 2 saturated carbocycles. The summed E-state index contributed by atoms with van der Waals surface area (Å²) in [5.74, 6) is -16.0. The van der Waals surface area contributed by atoms with Crippen LogP contribution in [0.5, 0.6) is 5.75 Å². The molecular formula is C33H49NO21. The van der Waals surface area contributed by atoms with E-state index in [1.807, 2.05) is 0 Å². The van der Waals surface area contributed by atoms with E-state index < -0.39 is 153 Å². The second-order valence-corrected chi connectivity index (χ2v) is 14.1. The molecule has 22 nitrogen and oxygen atoms in total. The largest absolute Gasteiger partial charge is 0.491 e. The summed E-state index contributed by atoms with van der Waals surface area (Å²) in [5, 5.41) is 148. The predicted molar refractivity (Wildman–Crippen MR) is 175 cm³/mol. The molecule has 1 aromatic carbocycles. The monoisotopic (exact) mass is 795 g/mol. The molecule has 4 aliphatic rings. The standard InChI is InChI=1S/C33H49NO21/c1-12(19-23(42)24(43)20(16(39)9-35)32(19,47)48)52-28-22-29(55-33(22,49)21(25(28)44)17(40)10-36)53-26-15(38)8-31(30(45)46,54-27(26)18(41)11-37)51-7-6-50-14-4-2-13(34)3-5-14/h2-5,12,15-21,23-28,35-44,47-49H,6-11,34H2,1H3,(H,45,46)/t12-,15?,16-,17-,18+,19?,20?,21?,23?,24+,25+,26+,27?,28?,31+,33?/m0/s1. The zero-order valence-corrected chi connectivity index (χ0v) is 29.3. The van der Waals surface area contributed by atoms with E-state index in [-0.39, 0.29) is 6.61 Å². The Morgan fingerprint density at radius 1 is 0.873 bits per heavy atom. The first kappa shape index (κ1) is 43.1. The molecular weight excluding hydrogens is 746 g/mol. The number of rotatable bonds is 17. The minimum atomic E-state index is -3.09. The number of anilines is 1. The maximum absolute atomic E-state index is 12.5. The summed E-state index contributed by atoms with van der Waals surface area (Å²) in [6.07, 6.45) is -21.6. The van der Waals surface area contributed by atoms with Crippen LogP contribution in [-0.4, -0.2) is 195 Å². The number of aliphatic carboxylic acids is 1. The fraction of sp³-hybridized carbons (Fsp3) is 0.727. The summed E-state index contributed by atoms with van der Waals surface area (Å²) in [6, 6.07) is 6.24. The molecule has 1 aromatic rings. The molecule has 55 heavy (non-hydrogen) atoms. The van der Waals surface area contributed by atoms with Gasteiger partial charge in [-0.15, -0.1) is 0 Å². The van der Waals surface area contributed by atoms with Gasteiger partial charge in [0.05, 0.1) is 86.9 Å². The molecule has 0 amide bonds. The highest BCUT2D eigenvalue weighted by Gasteiger charge is 2.71. The number of ether oxygens (including phenoxy) is 6. The quantitative estimate of drug-likeness (QED) is 0.0396. The number of carbonyl (C=O) groups is 1. The molecule has 22 heteroatoms. The Morgan fingerprint density at radius 3 is 2.04 bits per heavy atom. The summed E-state index contributed by atoms with van der Waals surface area (Å²) < 4.78 is 33.8. The van der Waals surface area contributed by atoms with E-state index in [2.05, 4.69) is 0 Å². The third-order valence-corrected chi connectivity index (χ3v) is 10.6. The average molecular weight is 796 g/mol. The van der Waals surface area contributed by atoms with Crippen molar-refractivity contribution >= 4 is 11.7 Å². The molecule has 8 unspecified atom stereocenters. The normalized spacial score (nSPS) is 39.0. The SMILES string of the molecule is C[C@H](OC1C2=C(O[C@@H]3C(O)C[C@](OCCOc4ccc(N)cc4)(C(=O)O)OC3[C@H](O)CO)OC2(O)C([C@@H](O)CO)[C@H]1O)C1C(O)[C@H](O)C([C@@H](O)CO)C1(O)O. The first-order valence-electron chi connectivity index (χ1n) is 17.3. The maximum atomic E-state index is 12.5. The van der Waals surface area contributed by atoms with Crippen molar-refractivity contribution in [1.29, 1.82) is 0 Å². The lowest BCUT2D eigenvalue weighted by atomic mass is 9.88. The summed E-state index contributed by atoms with van der Waals surface area (Å²) in [5.41, 5.74) is 5.62. The van der Waals surface area contributed by atoms with Crippen LogP contribution in [0.3, 0.4) is 0 Å². The molecule has 16 N–H and O–H groups in total. The van der Waals surface area contributed by atoms with Crippen molar-refractivity contribution in [3.8, 4) is 5.75 Å². The van der Waals surface area contributed by atoms with Crippen LogP contribution in [0.1, 0.15) is 13.3 Å². The van der Waals surface area contributed by atoms with Gasteiger partial charge in [0, 0.05) is 12.1 Å². The van der Waals surface area contributed by atoms with Crippen LogP contribution < -0.4 is 10.5 Å². The second-order valence-electron chi connectivity index (χ2n) is 14.1. The van der Waals surface area contributed by atoms with E-state index in [9.17, 15) is 76.3 Å². The fourth-order valence-corrected chi connectivity index (χ4v) is 7.90. The molecule has 16 atom stereocenters.